The van der Waals surface area contributed by atoms with Crippen molar-refractivity contribution >= 4 is 32.8 Å². The number of nitrogens with zero attached hydrogens (tertiary/aromatic N) is 1. The van der Waals surface area contributed by atoms with E-state index in [1.54, 1.807) is 11.2 Å². The van der Waals surface area contributed by atoms with E-state index in [9.17, 15) is 26.4 Å². The Bertz CT molecular complexity index is 1540. The second-order valence-corrected chi connectivity index (χ2v) is 13.3. The van der Waals surface area contributed by atoms with E-state index in [1.165, 1.54) is 5.56 Å². The summed E-state index contributed by atoms with van der Waals surface area (Å²) < 4.78 is 57.9. The van der Waals surface area contributed by atoms with E-state index in [2.05, 4.69) is 55.3 Å². The lowest BCUT2D eigenvalue weighted by molar-refractivity contribution is -0.192. The molecule has 0 saturated carbocycles. The molecule has 0 spiro atoms. The first-order chi connectivity index (χ1) is 20.0. The molecule has 1 aromatic heterocycles. The number of sulfonamides is 1. The molecule has 1 saturated heterocycles. The Morgan fingerprint density at radius 3 is 2.28 bits per heavy atom. The largest absolute Gasteiger partial charge is 0.490 e. The van der Waals surface area contributed by atoms with Crippen LogP contribution >= 0.6 is 0 Å². The number of carboxylic acids is 1. The first kappa shape index (κ1) is 34.1. The maximum Gasteiger partial charge on any atom is 0.490 e. The number of piperidine rings is 1. The monoisotopic (exact) mass is 624 g/mol. The molecular formula is C30H39F3N4O5S. The fourth-order valence-corrected chi connectivity index (χ4v) is 6.23. The molecule has 1 atom stereocenters. The number of alkyl halides is 3. The van der Waals surface area contributed by atoms with Gasteiger partial charge in [0.2, 0.25) is 10.0 Å². The van der Waals surface area contributed by atoms with E-state index in [0.717, 1.165) is 47.0 Å². The van der Waals surface area contributed by atoms with E-state index in [-0.39, 0.29) is 17.7 Å². The van der Waals surface area contributed by atoms with Gasteiger partial charge in [0.05, 0.1) is 16.8 Å². The van der Waals surface area contributed by atoms with Gasteiger partial charge >= 0.3 is 12.1 Å². The molecule has 1 aliphatic heterocycles. The molecule has 3 aromatic rings. The van der Waals surface area contributed by atoms with Crippen LogP contribution in [0.25, 0.3) is 22.0 Å². The highest BCUT2D eigenvalue weighted by Crippen LogP contribution is 2.37. The Hall–Kier alpha value is -3.42. The molecule has 236 valence electrons. The van der Waals surface area contributed by atoms with Gasteiger partial charge in [-0.05, 0) is 85.5 Å². The minimum atomic E-state index is -5.08. The summed E-state index contributed by atoms with van der Waals surface area (Å²) >= 11 is 0. The number of carboxylic acid groups (broad SMARTS) is 1. The van der Waals surface area contributed by atoms with E-state index in [0.29, 0.717) is 24.6 Å². The number of aromatic nitrogens is 1. The van der Waals surface area contributed by atoms with E-state index >= 15 is 0 Å². The van der Waals surface area contributed by atoms with Gasteiger partial charge < -0.3 is 21.1 Å². The number of fused-ring (bicyclic) bond motifs is 1. The van der Waals surface area contributed by atoms with Crippen LogP contribution < -0.4 is 11.1 Å². The van der Waals surface area contributed by atoms with Gasteiger partial charge in [0.15, 0.2) is 0 Å². The summed E-state index contributed by atoms with van der Waals surface area (Å²) in [6, 6.07) is 12.6. The van der Waals surface area contributed by atoms with Gasteiger partial charge in [0.1, 0.15) is 0 Å². The molecule has 0 radical (unpaired) electrons. The summed E-state index contributed by atoms with van der Waals surface area (Å²) in [7, 11) is -3.18. The predicted octanol–water partition coefficient (Wildman–Crippen LogP) is 5.40. The number of nitrogens with one attached hydrogen (secondary N) is 2. The highest BCUT2D eigenvalue weighted by atomic mass is 32.2. The Kier molecular flexibility index (Phi) is 11.0. The second kappa shape index (κ2) is 13.9. The first-order valence-corrected chi connectivity index (χ1v) is 15.7. The van der Waals surface area contributed by atoms with Crippen molar-refractivity contribution in [1.82, 2.24) is 14.6 Å². The van der Waals surface area contributed by atoms with Crippen LogP contribution in [0, 0.1) is 5.92 Å². The Morgan fingerprint density at radius 1 is 1.12 bits per heavy atom. The van der Waals surface area contributed by atoms with E-state index < -0.39 is 28.1 Å². The van der Waals surface area contributed by atoms with Gasteiger partial charge in [-0.1, -0.05) is 32.0 Å². The average molecular weight is 625 g/mol. The summed E-state index contributed by atoms with van der Waals surface area (Å²) in [6.45, 7) is 10.2. The lowest BCUT2D eigenvalue weighted by atomic mass is 9.88. The number of carbonyl (C=O) groups is 2. The number of aliphatic carboxylic acids is 1. The number of hydrogen-bond donors (Lipinski definition) is 4. The van der Waals surface area contributed by atoms with Crippen LogP contribution in [0.2, 0.25) is 0 Å². The molecule has 4 rings (SSSR count). The summed E-state index contributed by atoms with van der Waals surface area (Å²) in [5.74, 6) is -2.32. The SMILES string of the molecule is CCS(=O)(=O)N1CCC(c2c[nH]c3c(C(N)=O)cc(-c4cccc(C(C)NCC(C)C)c4)cc23)CC1.O=C(O)C(F)(F)F. The van der Waals surface area contributed by atoms with Gasteiger partial charge in [-0.25, -0.2) is 17.5 Å². The number of hydrogen-bond acceptors (Lipinski definition) is 5. The number of carbonyl (C=O) groups excluding carboxylic acids is 1. The third-order valence-corrected chi connectivity index (χ3v) is 9.42. The fourth-order valence-electron chi connectivity index (χ4n) is 5.10. The molecule has 1 amide bonds. The number of benzene rings is 2. The molecular weight excluding hydrogens is 585 g/mol. The second-order valence-electron chi connectivity index (χ2n) is 11.1. The zero-order chi connectivity index (χ0) is 32.1. The number of halogens is 3. The van der Waals surface area contributed by atoms with Crippen molar-refractivity contribution in [1.29, 1.82) is 0 Å². The van der Waals surface area contributed by atoms with Crippen LogP contribution in [0.3, 0.4) is 0 Å². The number of H-pyrrole nitrogens is 1. The Labute approximate surface area is 249 Å². The predicted molar refractivity (Wildman–Crippen MR) is 160 cm³/mol. The number of nitrogens with two attached hydrogens (primary N) is 1. The quantitative estimate of drug-likeness (QED) is 0.251. The standard InChI is InChI=1S/C28H38N4O3S.C2HF3O2/c1-5-36(34,35)32-11-9-20(10-12-32)26-17-31-27-24(26)14-23(15-25(27)28(29)33)22-8-6-7-21(13-22)19(4)30-16-18(2)3;3-2(4,5)1(6)7/h6-8,13-15,17-20,30-31H,5,9-12,16H2,1-4H3,(H2,29,33);(H,6,7). The maximum atomic E-state index is 12.4. The third kappa shape index (κ3) is 8.58. The van der Waals surface area contributed by atoms with Crippen molar-refractivity contribution in [3.8, 4) is 11.1 Å². The minimum absolute atomic E-state index is 0.126. The van der Waals surface area contributed by atoms with Crippen LogP contribution in [-0.2, 0) is 14.8 Å². The highest BCUT2D eigenvalue weighted by Gasteiger charge is 2.38. The molecule has 1 fully saturated rings. The lowest BCUT2D eigenvalue weighted by Gasteiger charge is -2.31. The molecule has 0 bridgehead atoms. The maximum absolute atomic E-state index is 12.4. The van der Waals surface area contributed by atoms with Crippen LogP contribution in [-0.4, -0.2) is 66.3 Å². The lowest BCUT2D eigenvalue weighted by Crippen LogP contribution is -2.38. The zero-order valence-electron chi connectivity index (χ0n) is 24.7. The molecule has 2 aromatic carbocycles. The summed E-state index contributed by atoms with van der Waals surface area (Å²) in [6.07, 6.45) is -1.63. The normalized spacial score (nSPS) is 15.7. The van der Waals surface area contributed by atoms with E-state index in [1.807, 2.05) is 18.3 Å². The van der Waals surface area contributed by atoms with Crippen molar-refractivity contribution in [2.75, 3.05) is 25.4 Å². The summed E-state index contributed by atoms with van der Waals surface area (Å²) in [5.41, 5.74) is 11.3. The molecule has 0 aliphatic carbocycles. The Morgan fingerprint density at radius 2 is 1.74 bits per heavy atom. The molecule has 9 nitrogen and oxygen atoms in total. The molecule has 2 heterocycles. The van der Waals surface area contributed by atoms with Crippen LogP contribution in [0.1, 0.15) is 74.0 Å². The van der Waals surface area contributed by atoms with Gasteiger partial charge in [-0.15, -0.1) is 0 Å². The van der Waals surface area contributed by atoms with Crippen molar-refractivity contribution in [2.24, 2.45) is 11.7 Å². The number of amides is 1. The molecule has 43 heavy (non-hydrogen) atoms. The van der Waals surface area contributed by atoms with Gasteiger partial charge in [0.25, 0.3) is 5.91 Å². The number of rotatable bonds is 9. The number of aromatic amines is 1. The van der Waals surface area contributed by atoms with Crippen molar-refractivity contribution in [3.05, 3.63) is 59.3 Å². The van der Waals surface area contributed by atoms with Crippen molar-refractivity contribution in [3.63, 3.8) is 0 Å². The summed E-state index contributed by atoms with van der Waals surface area (Å²) in [4.78, 5) is 24.6. The number of primary amides is 1. The zero-order valence-corrected chi connectivity index (χ0v) is 25.5. The topological polar surface area (TPSA) is 146 Å². The van der Waals surface area contributed by atoms with Crippen LogP contribution in [0.15, 0.2) is 42.6 Å². The highest BCUT2D eigenvalue weighted by molar-refractivity contribution is 7.89. The smallest absolute Gasteiger partial charge is 0.475 e. The van der Waals surface area contributed by atoms with Crippen molar-refractivity contribution in [2.45, 2.75) is 58.7 Å². The molecule has 5 N–H and O–H groups in total. The third-order valence-electron chi connectivity index (χ3n) is 7.53. The Balaban J connectivity index is 0.000000646. The van der Waals surface area contributed by atoms with E-state index in [4.69, 9.17) is 15.6 Å². The molecule has 1 unspecified atom stereocenters. The molecule has 1 aliphatic rings. The van der Waals surface area contributed by atoms with Gasteiger partial charge in [0, 0.05) is 30.7 Å². The fraction of sp³-hybridized carbons (Fsp3) is 0.467. The average Bonchev–Trinajstić information content (AvgIpc) is 3.39. The van der Waals surface area contributed by atoms with Crippen molar-refractivity contribution < 1.29 is 36.3 Å². The minimum Gasteiger partial charge on any atom is -0.475 e. The van der Waals surface area contributed by atoms with Gasteiger partial charge in [-0.2, -0.15) is 13.2 Å². The van der Waals surface area contributed by atoms with Gasteiger partial charge in [-0.3, -0.25) is 4.79 Å². The molecule has 13 heteroatoms. The van der Waals surface area contributed by atoms with Crippen LogP contribution in [0.5, 0.6) is 0 Å². The first-order valence-electron chi connectivity index (χ1n) is 14.1. The van der Waals surface area contributed by atoms with Crippen LogP contribution in [0.4, 0.5) is 13.2 Å². The summed E-state index contributed by atoms with van der Waals surface area (Å²) in [5, 5.41) is 11.7.